The summed E-state index contributed by atoms with van der Waals surface area (Å²) in [7, 11) is 4.04. The van der Waals surface area contributed by atoms with Gasteiger partial charge in [0.2, 0.25) is 5.91 Å². The average Bonchev–Trinajstić information content (AvgIpc) is 1.84. The number of hydrogen-bond acceptors (Lipinski definition) is 2. The fraction of sp³-hybridized carbons (Fsp3) is 0.889. The van der Waals surface area contributed by atoms with Crippen molar-refractivity contribution in [3.8, 4) is 0 Å². The van der Waals surface area contributed by atoms with Gasteiger partial charge in [0.15, 0.2) is 0 Å². The standard InChI is InChI=1S/C9H20N2O/c1-5-10-9(12)6-8(2)7-11(3)4/h8H,5-7H2,1-4H3,(H,10,12). The van der Waals surface area contributed by atoms with Gasteiger partial charge in [0.05, 0.1) is 0 Å². The molecule has 0 rings (SSSR count). The van der Waals surface area contributed by atoms with Gasteiger partial charge < -0.3 is 10.2 Å². The van der Waals surface area contributed by atoms with E-state index in [4.69, 9.17) is 0 Å². The number of nitrogens with one attached hydrogen (secondary N) is 1. The number of carbonyl (C=O) groups is 1. The molecule has 1 atom stereocenters. The molecule has 12 heavy (non-hydrogen) atoms. The summed E-state index contributed by atoms with van der Waals surface area (Å²) in [5, 5.41) is 2.79. The quantitative estimate of drug-likeness (QED) is 0.662. The van der Waals surface area contributed by atoms with Crippen LogP contribution in [0.3, 0.4) is 0 Å². The van der Waals surface area contributed by atoms with Crippen molar-refractivity contribution in [1.29, 1.82) is 0 Å². The van der Waals surface area contributed by atoms with Crippen molar-refractivity contribution in [2.24, 2.45) is 5.92 Å². The second-order valence-electron chi connectivity index (χ2n) is 3.53. The largest absolute Gasteiger partial charge is 0.356 e. The molecule has 0 saturated carbocycles. The first kappa shape index (κ1) is 11.4. The van der Waals surface area contributed by atoms with Gasteiger partial charge in [-0.2, -0.15) is 0 Å². The molecular formula is C9H20N2O. The molecule has 0 aromatic rings. The van der Waals surface area contributed by atoms with Gasteiger partial charge in [-0.1, -0.05) is 6.92 Å². The smallest absolute Gasteiger partial charge is 0.220 e. The van der Waals surface area contributed by atoms with E-state index in [0.717, 1.165) is 13.1 Å². The molecule has 0 radical (unpaired) electrons. The third-order valence-corrected chi connectivity index (χ3v) is 1.58. The van der Waals surface area contributed by atoms with E-state index in [9.17, 15) is 4.79 Å². The van der Waals surface area contributed by atoms with Gasteiger partial charge in [-0.25, -0.2) is 0 Å². The summed E-state index contributed by atoms with van der Waals surface area (Å²) in [6.07, 6.45) is 0.631. The molecule has 1 unspecified atom stereocenters. The average molecular weight is 172 g/mol. The van der Waals surface area contributed by atoms with Crippen molar-refractivity contribution in [1.82, 2.24) is 10.2 Å². The zero-order valence-corrected chi connectivity index (χ0v) is 8.55. The maximum atomic E-state index is 11.1. The van der Waals surface area contributed by atoms with E-state index in [2.05, 4.69) is 17.1 Å². The third-order valence-electron chi connectivity index (χ3n) is 1.58. The first-order valence-corrected chi connectivity index (χ1v) is 4.47. The Morgan fingerprint density at radius 2 is 2.08 bits per heavy atom. The van der Waals surface area contributed by atoms with Crippen molar-refractivity contribution in [2.75, 3.05) is 27.2 Å². The molecule has 0 aromatic heterocycles. The predicted octanol–water partition coefficient (Wildman–Crippen LogP) is 0.710. The Kier molecular flexibility index (Phi) is 5.72. The Labute approximate surface area is 75.1 Å². The number of carbonyl (C=O) groups excluding carboxylic acids is 1. The van der Waals surface area contributed by atoms with Gasteiger partial charge >= 0.3 is 0 Å². The Morgan fingerprint density at radius 3 is 2.50 bits per heavy atom. The van der Waals surface area contributed by atoms with Gasteiger partial charge in [0.25, 0.3) is 0 Å². The second-order valence-corrected chi connectivity index (χ2v) is 3.53. The van der Waals surface area contributed by atoms with Gasteiger partial charge in [0.1, 0.15) is 0 Å². The first-order valence-electron chi connectivity index (χ1n) is 4.47. The molecule has 3 heteroatoms. The van der Waals surface area contributed by atoms with Gasteiger partial charge in [-0.05, 0) is 26.9 Å². The Morgan fingerprint density at radius 1 is 1.50 bits per heavy atom. The zero-order chi connectivity index (χ0) is 9.56. The highest BCUT2D eigenvalue weighted by atomic mass is 16.1. The SMILES string of the molecule is CCNC(=O)CC(C)CN(C)C. The van der Waals surface area contributed by atoms with Crippen LogP contribution in [0, 0.1) is 5.92 Å². The minimum atomic E-state index is 0.159. The molecular weight excluding hydrogens is 152 g/mol. The molecule has 0 aliphatic heterocycles. The minimum absolute atomic E-state index is 0.159. The minimum Gasteiger partial charge on any atom is -0.356 e. The molecule has 0 aromatic carbocycles. The molecule has 0 fully saturated rings. The Balaban J connectivity index is 3.54. The molecule has 0 heterocycles. The van der Waals surface area contributed by atoms with E-state index in [1.165, 1.54) is 0 Å². The summed E-state index contributed by atoms with van der Waals surface area (Å²) in [6, 6.07) is 0. The van der Waals surface area contributed by atoms with Crippen LogP contribution < -0.4 is 5.32 Å². The van der Waals surface area contributed by atoms with Crippen LogP contribution in [0.5, 0.6) is 0 Å². The molecule has 0 aliphatic carbocycles. The van der Waals surface area contributed by atoms with Crippen LogP contribution in [0.1, 0.15) is 20.3 Å². The highest BCUT2D eigenvalue weighted by molar-refractivity contribution is 5.76. The summed E-state index contributed by atoms with van der Waals surface area (Å²) in [5.74, 6) is 0.596. The van der Waals surface area contributed by atoms with Crippen molar-refractivity contribution >= 4 is 5.91 Å². The molecule has 0 bridgehead atoms. The molecule has 0 aliphatic rings. The maximum absolute atomic E-state index is 11.1. The first-order chi connectivity index (χ1) is 5.56. The topological polar surface area (TPSA) is 32.3 Å². The van der Waals surface area contributed by atoms with Gasteiger partial charge in [-0.3, -0.25) is 4.79 Å². The van der Waals surface area contributed by atoms with Crippen molar-refractivity contribution in [3.05, 3.63) is 0 Å². The molecule has 0 saturated heterocycles. The Bertz CT molecular complexity index is 134. The summed E-state index contributed by atoms with van der Waals surface area (Å²) in [4.78, 5) is 13.2. The normalized spacial score (nSPS) is 13.1. The molecule has 0 spiro atoms. The van der Waals surface area contributed by atoms with Crippen LogP contribution in [0.2, 0.25) is 0 Å². The number of nitrogens with zero attached hydrogens (tertiary/aromatic N) is 1. The second kappa shape index (κ2) is 6.00. The van der Waals surface area contributed by atoms with Crippen LogP contribution in [-0.2, 0) is 4.79 Å². The van der Waals surface area contributed by atoms with E-state index in [-0.39, 0.29) is 5.91 Å². The third kappa shape index (κ3) is 6.16. The van der Waals surface area contributed by atoms with Crippen LogP contribution in [0.15, 0.2) is 0 Å². The molecule has 72 valence electrons. The summed E-state index contributed by atoms with van der Waals surface area (Å²) < 4.78 is 0. The van der Waals surface area contributed by atoms with Crippen molar-refractivity contribution in [3.63, 3.8) is 0 Å². The zero-order valence-electron chi connectivity index (χ0n) is 8.55. The van der Waals surface area contributed by atoms with Crippen LogP contribution >= 0.6 is 0 Å². The molecule has 3 nitrogen and oxygen atoms in total. The van der Waals surface area contributed by atoms with E-state index in [0.29, 0.717) is 12.3 Å². The van der Waals surface area contributed by atoms with Gasteiger partial charge in [-0.15, -0.1) is 0 Å². The lowest BCUT2D eigenvalue weighted by molar-refractivity contribution is -0.121. The van der Waals surface area contributed by atoms with E-state index in [1.54, 1.807) is 0 Å². The van der Waals surface area contributed by atoms with Crippen LogP contribution in [0.25, 0.3) is 0 Å². The highest BCUT2D eigenvalue weighted by Crippen LogP contribution is 2.01. The van der Waals surface area contributed by atoms with Crippen molar-refractivity contribution in [2.45, 2.75) is 20.3 Å². The van der Waals surface area contributed by atoms with E-state index >= 15 is 0 Å². The van der Waals surface area contributed by atoms with Gasteiger partial charge in [0, 0.05) is 19.5 Å². The number of amides is 1. The van der Waals surface area contributed by atoms with Crippen LogP contribution in [-0.4, -0.2) is 38.0 Å². The summed E-state index contributed by atoms with van der Waals surface area (Å²) in [5.41, 5.74) is 0. The fourth-order valence-electron chi connectivity index (χ4n) is 1.27. The number of rotatable bonds is 5. The van der Waals surface area contributed by atoms with E-state index in [1.807, 2.05) is 21.0 Å². The lowest BCUT2D eigenvalue weighted by Gasteiger charge is -2.15. The monoisotopic (exact) mass is 172 g/mol. The maximum Gasteiger partial charge on any atom is 0.220 e. The van der Waals surface area contributed by atoms with E-state index < -0.39 is 0 Å². The lowest BCUT2D eigenvalue weighted by Crippen LogP contribution is -2.28. The summed E-state index contributed by atoms with van der Waals surface area (Å²) in [6.45, 7) is 5.73. The molecule has 1 amide bonds. The Hall–Kier alpha value is -0.570. The van der Waals surface area contributed by atoms with Crippen molar-refractivity contribution < 1.29 is 4.79 Å². The fourth-order valence-corrected chi connectivity index (χ4v) is 1.27. The van der Waals surface area contributed by atoms with Crippen LogP contribution in [0.4, 0.5) is 0 Å². The highest BCUT2D eigenvalue weighted by Gasteiger charge is 2.08. The summed E-state index contributed by atoms with van der Waals surface area (Å²) >= 11 is 0. The number of hydrogen-bond donors (Lipinski definition) is 1. The predicted molar refractivity (Wildman–Crippen MR) is 51.0 cm³/mol. The molecule has 1 N–H and O–H groups in total. The lowest BCUT2D eigenvalue weighted by atomic mass is 10.1.